The number of carbonyl (C=O) groups excluding carboxylic acids is 1. The molecule has 2 unspecified atom stereocenters. The molecule has 2 aliphatic heterocycles. The van der Waals surface area contributed by atoms with Crippen molar-refractivity contribution in [1.29, 1.82) is 0 Å². The Morgan fingerprint density at radius 3 is 2.85 bits per heavy atom. The number of cyclic esters (lactones) is 1. The van der Waals surface area contributed by atoms with Gasteiger partial charge in [-0.1, -0.05) is 17.9 Å². The Morgan fingerprint density at radius 1 is 1.27 bits per heavy atom. The van der Waals surface area contributed by atoms with Crippen molar-refractivity contribution in [3.05, 3.63) is 55.9 Å². The third kappa shape index (κ3) is 2.78. The second kappa shape index (κ2) is 7.35. The normalized spacial score (nSPS) is 20.2. The molecule has 0 bridgehead atoms. The molecule has 6 nitrogen and oxygen atoms in total. The minimum absolute atomic E-state index is 0.0499. The molecule has 0 fully saturated rings. The van der Waals surface area contributed by atoms with Crippen molar-refractivity contribution in [1.82, 2.24) is 14.8 Å². The van der Waals surface area contributed by atoms with Gasteiger partial charge in [-0.3, -0.25) is 9.59 Å². The van der Waals surface area contributed by atoms with Crippen LogP contribution in [0.3, 0.4) is 0 Å². The Hall–Kier alpha value is -2.80. The minimum atomic E-state index is -0.388. The number of fused-ring (bicyclic) bond motifs is 5. The maximum atomic E-state index is 13.6. The molecule has 3 aliphatic rings. The molecule has 164 valence electrons. The molecule has 3 aromatic rings. The number of ether oxygens (including phenoxy) is 1. The van der Waals surface area contributed by atoms with Crippen LogP contribution in [0.2, 0.25) is 0 Å². The van der Waals surface area contributed by atoms with Crippen molar-refractivity contribution in [2.45, 2.75) is 58.2 Å². The number of pyridine rings is 2. The quantitative estimate of drug-likeness (QED) is 0.362. The van der Waals surface area contributed by atoms with Crippen LogP contribution in [0.4, 0.5) is 0 Å². The van der Waals surface area contributed by atoms with E-state index in [-0.39, 0.29) is 30.1 Å². The van der Waals surface area contributed by atoms with Crippen LogP contribution in [0.1, 0.15) is 65.1 Å². The second-order valence-corrected chi connectivity index (χ2v) is 9.62. The summed E-state index contributed by atoms with van der Waals surface area (Å²) in [6, 6.07) is 4.48. The fraction of sp³-hybridized carbons (Fsp3) is 0.375. The molecule has 2 atom stereocenters. The first-order chi connectivity index (χ1) is 15.9. The number of carbonyl (C=O) groups is 1. The first kappa shape index (κ1) is 20.8. The van der Waals surface area contributed by atoms with Crippen LogP contribution >= 0.6 is 0 Å². The summed E-state index contributed by atoms with van der Waals surface area (Å²) < 4.78 is 7.20. The molecule has 1 aliphatic carbocycles. The lowest BCUT2D eigenvalue weighted by Crippen LogP contribution is -2.32. The second-order valence-electron chi connectivity index (χ2n) is 9.62. The smallest absolute Gasteiger partial charge is 0.313 e. The molecule has 6 rings (SSSR count). The predicted molar refractivity (Wildman–Crippen MR) is 136 cm³/mol. The third-order valence-corrected chi connectivity index (χ3v) is 7.97. The predicted octanol–water partition coefficient (Wildman–Crippen LogP) is 0.0189. The summed E-state index contributed by atoms with van der Waals surface area (Å²) in [5.74, 6) is -0.627. The molecule has 0 saturated heterocycles. The summed E-state index contributed by atoms with van der Waals surface area (Å²) in [6.07, 6.45) is 2.69. The Kier molecular flexibility index (Phi) is 4.63. The first-order valence-electron chi connectivity index (χ1n) is 12.1. The molecule has 1 aromatic carbocycles. The molecule has 33 heavy (non-hydrogen) atoms. The van der Waals surface area contributed by atoms with Gasteiger partial charge in [-0.15, -0.1) is 0 Å². The number of nitrogens with zero attached hydrogens (tertiary/aromatic N) is 2. The number of aromatic nitrogens is 2. The number of esters is 1. The number of hydrogen-bond donors (Lipinski definition) is 1. The number of benzene rings is 1. The molecule has 9 heteroatoms. The van der Waals surface area contributed by atoms with Crippen LogP contribution in [-0.2, 0) is 29.1 Å². The van der Waals surface area contributed by atoms with E-state index in [9.17, 15) is 9.59 Å². The Bertz CT molecular complexity index is 1430. The van der Waals surface area contributed by atoms with Crippen LogP contribution in [0.5, 0.6) is 0 Å². The fourth-order valence-electron chi connectivity index (χ4n) is 6.21. The largest absolute Gasteiger partial charge is 0.460 e. The summed E-state index contributed by atoms with van der Waals surface area (Å²) in [5.41, 5.74) is 10.6. The minimum Gasteiger partial charge on any atom is -0.460 e. The van der Waals surface area contributed by atoms with E-state index < -0.39 is 0 Å². The average Bonchev–Trinajstić information content (AvgIpc) is 3.17. The van der Waals surface area contributed by atoms with Gasteiger partial charge in [0.05, 0.1) is 42.7 Å². The van der Waals surface area contributed by atoms with Crippen molar-refractivity contribution in [2.75, 3.05) is 0 Å². The Labute approximate surface area is 195 Å². The van der Waals surface area contributed by atoms with Crippen molar-refractivity contribution >= 4 is 45.2 Å². The van der Waals surface area contributed by atoms with Crippen molar-refractivity contribution in [3.63, 3.8) is 0 Å². The number of aryl methyl sites for hydroxylation is 1. The van der Waals surface area contributed by atoms with E-state index in [1.54, 1.807) is 0 Å². The average molecular weight is 437 g/mol. The first-order valence-corrected chi connectivity index (χ1v) is 12.1. The third-order valence-electron chi connectivity index (χ3n) is 7.97. The summed E-state index contributed by atoms with van der Waals surface area (Å²) in [7, 11) is 5.19. The number of hydrogen-bond acceptors (Lipinski definition) is 5. The Balaban J connectivity index is 1.67. The maximum Gasteiger partial charge on any atom is 0.313 e. The SMILES string of the molecule is BBNC1CCc2c(C)c(B)cc3nc4c(c1c23)Cn1c-4cc2c(c1=O)COC(=O)C2CC. The summed E-state index contributed by atoms with van der Waals surface area (Å²) >= 11 is 0. The van der Waals surface area contributed by atoms with Gasteiger partial charge in [0.2, 0.25) is 0 Å². The Morgan fingerprint density at radius 2 is 2.09 bits per heavy atom. The topological polar surface area (TPSA) is 73.2 Å². The van der Waals surface area contributed by atoms with Crippen LogP contribution in [-0.4, -0.2) is 38.4 Å². The highest BCUT2D eigenvalue weighted by atomic mass is 16.5. The van der Waals surface area contributed by atoms with Crippen molar-refractivity contribution in [2.24, 2.45) is 0 Å². The lowest BCUT2D eigenvalue weighted by molar-refractivity contribution is -0.148. The summed E-state index contributed by atoms with van der Waals surface area (Å²) in [4.78, 5) is 31.1. The van der Waals surface area contributed by atoms with E-state index >= 15 is 0 Å². The highest BCUT2D eigenvalue weighted by molar-refractivity contribution is 6.87. The summed E-state index contributed by atoms with van der Waals surface area (Å²) in [6.45, 7) is 4.76. The molecule has 1 N–H and O–H groups in total. The molecule has 0 spiro atoms. The zero-order valence-corrected chi connectivity index (χ0v) is 19.7. The fourth-order valence-corrected chi connectivity index (χ4v) is 6.21. The zero-order valence-electron chi connectivity index (χ0n) is 19.7. The lowest BCUT2D eigenvalue weighted by Gasteiger charge is -2.30. The van der Waals surface area contributed by atoms with Gasteiger partial charge in [0, 0.05) is 17.0 Å². The van der Waals surface area contributed by atoms with Gasteiger partial charge in [-0.2, -0.15) is 0 Å². The molecule has 2 aromatic heterocycles. The van der Waals surface area contributed by atoms with Gasteiger partial charge in [-0.05, 0) is 55.0 Å². The summed E-state index contributed by atoms with van der Waals surface area (Å²) in [5, 5.41) is 4.96. The zero-order chi connectivity index (χ0) is 23.0. The molecule has 4 heterocycles. The molecular weight excluding hydrogens is 411 g/mol. The van der Waals surface area contributed by atoms with Crippen LogP contribution in [0, 0.1) is 6.92 Å². The highest BCUT2D eigenvalue weighted by Crippen LogP contribution is 2.44. The van der Waals surface area contributed by atoms with Gasteiger partial charge in [-0.25, -0.2) is 4.98 Å². The van der Waals surface area contributed by atoms with Crippen LogP contribution in [0.25, 0.3) is 22.3 Å². The van der Waals surface area contributed by atoms with Gasteiger partial charge < -0.3 is 14.5 Å². The monoisotopic (exact) mass is 437 g/mol. The van der Waals surface area contributed by atoms with Crippen LogP contribution in [0.15, 0.2) is 16.9 Å². The van der Waals surface area contributed by atoms with Crippen molar-refractivity contribution in [3.8, 4) is 11.4 Å². The van der Waals surface area contributed by atoms with E-state index in [0.29, 0.717) is 18.5 Å². The van der Waals surface area contributed by atoms with Gasteiger partial charge in [0.25, 0.3) is 5.56 Å². The standard InChI is InChI=1S/C24H26B3N3O3/c1-3-11-13-6-19-22-14(8-30(19)23(31)15(13)9-33-24(11)32)21-17(29-27-26)5-4-12-10(2)16(25)7-18(28-22)20(12)21/h6-7,11,17,27,29H,3-5,8-9,25-26H2,1-2H3. The van der Waals surface area contributed by atoms with Crippen molar-refractivity contribution < 1.29 is 9.53 Å². The van der Waals surface area contributed by atoms with E-state index in [1.807, 2.05) is 17.6 Å². The van der Waals surface area contributed by atoms with E-state index in [4.69, 9.17) is 9.72 Å². The number of rotatable bonds is 3. The van der Waals surface area contributed by atoms with Gasteiger partial charge in [0.15, 0.2) is 7.31 Å². The lowest BCUT2D eigenvalue weighted by atomic mass is 9.65. The molecular formula is C24H26B3N3O3. The van der Waals surface area contributed by atoms with E-state index in [2.05, 4.69) is 33.8 Å². The molecule has 0 radical (unpaired) electrons. The molecule has 0 saturated carbocycles. The van der Waals surface area contributed by atoms with Gasteiger partial charge >= 0.3 is 5.97 Å². The molecule has 0 amide bonds. The van der Waals surface area contributed by atoms with Gasteiger partial charge in [0.1, 0.15) is 14.5 Å². The van der Waals surface area contributed by atoms with E-state index in [0.717, 1.165) is 48.2 Å². The number of nitrogens with one attached hydrogen (secondary N) is 1. The highest BCUT2D eigenvalue weighted by Gasteiger charge is 2.36. The maximum absolute atomic E-state index is 13.6. The van der Waals surface area contributed by atoms with Crippen LogP contribution < -0.4 is 16.2 Å². The van der Waals surface area contributed by atoms with E-state index in [1.165, 1.54) is 27.5 Å².